The Balaban J connectivity index is 2.94. The number of hydrogen-bond donors (Lipinski definition) is 1. The molecule has 0 aliphatic carbocycles. The predicted octanol–water partition coefficient (Wildman–Crippen LogP) is 6.08. The van der Waals surface area contributed by atoms with Gasteiger partial charge in [-0.05, 0) is 50.4 Å². The molecule has 0 radical (unpaired) electrons. The first-order valence-electron chi connectivity index (χ1n) is 10.4. The molecule has 0 saturated carbocycles. The lowest BCUT2D eigenvalue weighted by Crippen LogP contribution is -2.44. The summed E-state index contributed by atoms with van der Waals surface area (Å²) < 4.78 is 0. The van der Waals surface area contributed by atoms with Gasteiger partial charge in [-0.2, -0.15) is 0 Å². The average molecular weight is 367 g/mol. The maximum atomic E-state index is 11.1. The molecule has 0 aromatic heterocycles. The number of aliphatic carboxylic acids is 1. The van der Waals surface area contributed by atoms with Crippen molar-refractivity contribution in [1.29, 1.82) is 0 Å². The van der Waals surface area contributed by atoms with Crippen molar-refractivity contribution in [2.45, 2.75) is 97.7 Å². The van der Waals surface area contributed by atoms with E-state index in [0.29, 0.717) is 5.92 Å². The Morgan fingerprint density at radius 1 is 1.27 bits per heavy atom. The van der Waals surface area contributed by atoms with E-state index in [1.165, 1.54) is 5.57 Å². The molecule has 1 aliphatic heterocycles. The number of carbonyl (C=O) groups is 1. The van der Waals surface area contributed by atoms with Crippen LogP contribution in [0.4, 0.5) is 0 Å². The van der Waals surface area contributed by atoms with Crippen LogP contribution in [0.5, 0.6) is 0 Å². The van der Waals surface area contributed by atoms with Crippen molar-refractivity contribution in [2.75, 3.05) is 0 Å². The van der Waals surface area contributed by atoms with E-state index in [-0.39, 0.29) is 18.4 Å². The molecule has 1 aliphatic rings. The number of carboxylic acid groups (broad SMARTS) is 1. The lowest BCUT2D eigenvalue weighted by Gasteiger charge is -2.41. The first-order valence-corrected chi connectivity index (χ1v) is 10.4. The summed E-state index contributed by atoms with van der Waals surface area (Å²) in [4.78, 5) is 22.5. The van der Waals surface area contributed by atoms with Crippen molar-refractivity contribution >= 4 is 5.97 Å². The third kappa shape index (κ3) is 6.88. The van der Waals surface area contributed by atoms with E-state index < -0.39 is 11.6 Å². The molecule has 26 heavy (non-hydrogen) atoms. The number of rotatable bonds is 11. The number of hydrogen-bond acceptors (Lipinski definition) is 3. The molecule has 1 rings (SSSR count). The molecule has 4 heteroatoms. The van der Waals surface area contributed by atoms with E-state index in [2.05, 4.69) is 52.8 Å². The smallest absolute Gasteiger partial charge is 0.306 e. The molecule has 0 bridgehead atoms. The molecule has 4 nitrogen and oxygen atoms in total. The molecule has 1 saturated heterocycles. The van der Waals surface area contributed by atoms with Crippen LogP contribution >= 0.6 is 0 Å². The van der Waals surface area contributed by atoms with Crippen LogP contribution in [-0.2, 0) is 14.6 Å². The maximum absolute atomic E-state index is 11.1. The standard InChI is InChI=1S/C22H38O4/c1-6-11-12-17(7-2)13-18(8-3)15-22(10-5)16-19(9-4)20(25-26-22)14-21(23)24/h11-12,15,17,19-20H,6-10,13-14,16H2,1-5H3,(H,23,24)/b12-11+,18-15+/t17-,19+,20-,22+/m0/s1. The van der Waals surface area contributed by atoms with Crippen molar-refractivity contribution in [1.82, 2.24) is 0 Å². The second-order valence-corrected chi connectivity index (χ2v) is 7.47. The van der Waals surface area contributed by atoms with Crippen LogP contribution < -0.4 is 0 Å². The molecular weight excluding hydrogens is 328 g/mol. The molecule has 0 unspecified atom stereocenters. The van der Waals surface area contributed by atoms with E-state index in [1.807, 2.05) is 0 Å². The van der Waals surface area contributed by atoms with Gasteiger partial charge in [0.1, 0.15) is 11.7 Å². The van der Waals surface area contributed by atoms with Crippen molar-refractivity contribution < 1.29 is 19.7 Å². The fourth-order valence-electron chi connectivity index (χ4n) is 3.70. The van der Waals surface area contributed by atoms with Gasteiger partial charge in [-0.25, -0.2) is 9.78 Å². The molecule has 0 aromatic carbocycles. The quantitative estimate of drug-likeness (QED) is 0.356. The monoisotopic (exact) mass is 366 g/mol. The SMILES string of the molecule is CC/C=C/[C@H](CC)C/C(=C/[C@]1(CC)C[C@@H](CC)[C@H](CC(=O)O)OO1)CC. The van der Waals surface area contributed by atoms with E-state index >= 15 is 0 Å². The summed E-state index contributed by atoms with van der Waals surface area (Å²) in [7, 11) is 0. The Labute approximate surface area is 159 Å². The van der Waals surface area contributed by atoms with E-state index in [1.54, 1.807) is 0 Å². The van der Waals surface area contributed by atoms with Crippen molar-refractivity contribution in [3.63, 3.8) is 0 Å². The van der Waals surface area contributed by atoms with Crippen molar-refractivity contribution in [3.8, 4) is 0 Å². The fraction of sp³-hybridized carbons (Fsp3) is 0.773. The molecule has 0 amide bonds. The zero-order valence-electron chi connectivity index (χ0n) is 17.3. The Kier molecular flexibility index (Phi) is 10.2. The summed E-state index contributed by atoms with van der Waals surface area (Å²) in [5.74, 6) is -0.0725. The van der Waals surface area contributed by atoms with Gasteiger partial charge in [-0.1, -0.05) is 64.8 Å². The van der Waals surface area contributed by atoms with E-state index in [0.717, 1.165) is 44.9 Å². The molecule has 0 aromatic rings. The lowest BCUT2D eigenvalue weighted by molar-refractivity contribution is -0.409. The highest BCUT2D eigenvalue weighted by molar-refractivity contribution is 5.67. The van der Waals surface area contributed by atoms with Crippen LogP contribution in [0.1, 0.15) is 86.0 Å². The van der Waals surface area contributed by atoms with Gasteiger partial charge in [0.05, 0.1) is 6.42 Å². The van der Waals surface area contributed by atoms with Crippen LogP contribution in [0.25, 0.3) is 0 Å². The van der Waals surface area contributed by atoms with Gasteiger partial charge in [-0.3, -0.25) is 4.79 Å². The molecule has 1 fully saturated rings. The minimum Gasteiger partial charge on any atom is -0.481 e. The van der Waals surface area contributed by atoms with Crippen molar-refractivity contribution in [2.24, 2.45) is 11.8 Å². The second kappa shape index (κ2) is 11.6. The Hall–Kier alpha value is -1.13. The van der Waals surface area contributed by atoms with E-state index in [4.69, 9.17) is 14.9 Å². The third-order valence-electron chi connectivity index (χ3n) is 5.58. The summed E-state index contributed by atoms with van der Waals surface area (Å²) in [6.45, 7) is 10.8. The van der Waals surface area contributed by atoms with Gasteiger partial charge < -0.3 is 5.11 Å². The minimum absolute atomic E-state index is 0.00235. The van der Waals surface area contributed by atoms with Crippen LogP contribution in [0, 0.1) is 11.8 Å². The highest BCUT2D eigenvalue weighted by atomic mass is 17.2. The predicted molar refractivity (Wildman–Crippen MR) is 106 cm³/mol. The molecule has 1 heterocycles. The molecule has 1 N–H and O–H groups in total. The summed E-state index contributed by atoms with van der Waals surface area (Å²) in [5.41, 5.74) is 0.961. The normalized spacial score (nSPS) is 28.4. The van der Waals surface area contributed by atoms with Gasteiger partial charge in [0, 0.05) is 0 Å². The Morgan fingerprint density at radius 3 is 2.50 bits per heavy atom. The highest BCUT2D eigenvalue weighted by Gasteiger charge is 2.41. The largest absolute Gasteiger partial charge is 0.481 e. The minimum atomic E-state index is -0.834. The summed E-state index contributed by atoms with van der Waals surface area (Å²) in [6.07, 6.45) is 13.3. The molecule has 0 spiro atoms. The molecule has 150 valence electrons. The second-order valence-electron chi connectivity index (χ2n) is 7.47. The first kappa shape index (κ1) is 22.9. The average Bonchev–Trinajstić information content (AvgIpc) is 2.65. The van der Waals surface area contributed by atoms with Crippen molar-refractivity contribution in [3.05, 3.63) is 23.8 Å². The summed E-state index contributed by atoms with van der Waals surface area (Å²) in [5, 5.41) is 9.09. The summed E-state index contributed by atoms with van der Waals surface area (Å²) >= 11 is 0. The lowest BCUT2D eigenvalue weighted by atomic mass is 9.80. The highest BCUT2D eigenvalue weighted by Crippen LogP contribution is 2.39. The Bertz CT molecular complexity index is 483. The zero-order chi connectivity index (χ0) is 19.6. The van der Waals surface area contributed by atoms with Gasteiger partial charge in [0.2, 0.25) is 0 Å². The van der Waals surface area contributed by atoms with Gasteiger partial charge in [0.25, 0.3) is 0 Å². The molecular formula is C22H38O4. The third-order valence-corrected chi connectivity index (χ3v) is 5.58. The first-order chi connectivity index (χ1) is 12.4. The topological polar surface area (TPSA) is 55.8 Å². The fourth-order valence-corrected chi connectivity index (χ4v) is 3.70. The number of carboxylic acids is 1. The Morgan fingerprint density at radius 2 is 2.00 bits per heavy atom. The van der Waals surface area contributed by atoms with Crippen LogP contribution in [-0.4, -0.2) is 22.8 Å². The van der Waals surface area contributed by atoms with Crippen LogP contribution in [0.15, 0.2) is 23.8 Å². The van der Waals surface area contributed by atoms with Gasteiger partial charge in [-0.15, -0.1) is 0 Å². The van der Waals surface area contributed by atoms with Gasteiger partial charge in [0.15, 0.2) is 0 Å². The van der Waals surface area contributed by atoms with Gasteiger partial charge >= 0.3 is 5.97 Å². The van der Waals surface area contributed by atoms with E-state index in [9.17, 15) is 4.79 Å². The summed E-state index contributed by atoms with van der Waals surface area (Å²) in [6, 6.07) is 0. The van der Waals surface area contributed by atoms with Crippen LogP contribution in [0.2, 0.25) is 0 Å². The maximum Gasteiger partial charge on any atom is 0.306 e. The zero-order valence-corrected chi connectivity index (χ0v) is 17.3. The molecule has 4 atom stereocenters. The number of allylic oxidation sites excluding steroid dienone is 3. The van der Waals surface area contributed by atoms with Crippen LogP contribution in [0.3, 0.4) is 0 Å².